The van der Waals surface area contributed by atoms with Crippen LogP contribution in [-0.2, 0) is 0 Å². The molecule has 0 fully saturated rings. The van der Waals surface area contributed by atoms with Crippen LogP contribution >= 0.6 is 11.8 Å². The van der Waals surface area contributed by atoms with Gasteiger partial charge in [0.05, 0.1) is 0 Å². The van der Waals surface area contributed by atoms with Gasteiger partial charge in [-0.25, -0.2) is 0 Å². The Morgan fingerprint density at radius 1 is 1.60 bits per heavy atom. The van der Waals surface area contributed by atoms with Crippen molar-refractivity contribution in [1.82, 2.24) is 0 Å². The SMILES string of the molecule is C=Cc1c[c]c(SC)cc1. The van der Waals surface area contributed by atoms with Gasteiger partial charge in [-0.3, -0.25) is 0 Å². The zero-order valence-electron chi connectivity index (χ0n) is 5.92. The summed E-state index contributed by atoms with van der Waals surface area (Å²) >= 11 is 1.70. The Bertz CT molecular complexity index is 211. The zero-order valence-corrected chi connectivity index (χ0v) is 6.74. The lowest BCUT2D eigenvalue weighted by atomic mass is 10.2. The average Bonchev–Trinajstić information content (AvgIpc) is 2.05. The number of rotatable bonds is 2. The van der Waals surface area contributed by atoms with E-state index in [0.29, 0.717) is 0 Å². The predicted molar refractivity (Wildman–Crippen MR) is 47.2 cm³/mol. The summed E-state index contributed by atoms with van der Waals surface area (Å²) in [7, 11) is 0. The molecule has 0 heterocycles. The normalized spacial score (nSPS) is 9.30. The number of thioether (sulfide) groups is 1. The Balaban J connectivity index is 2.90. The second kappa shape index (κ2) is 3.47. The van der Waals surface area contributed by atoms with Crippen LogP contribution in [0.3, 0.4) is 0 Å². The van der Waals surface area contributed by atoms with Crippen LogP contribution in [0, 0.1) is 6.07 Å². The van der Waals surface area contributed by atoms with Crippen LogP contribution in [0.15, 0.2) is 29.7 Å². The van der Waals surface area contributed by atoms with E-state index in [2.05, 4.69) is 12.6 Å². The quantitative estimate of drug-likeness (QED) is 0.583. The molecule has 0 spiro atoms. The second-order valence-corrected chi connectivity index (χ2v) is 2.74. The number of hydrogen-bond acceptors (Lipinski definition) is 1. The van der Waals surface area contributed by atoms with E-state index < -0.39 is 0 Å². The molecular weight excluding hydrogens is 140 g/mol. The van der Waals surface area contributed by atoms with E-state index in [1.807, 2.05) is 30.5 Å². The zero-order chi connectivity index (χ0) is 7.40. The molecule has 0 bridgehead atoms. The van der Waals surface area contributed by atoms with E-state index >= 15 is 0 Å². The molecule has 1 aromatic rings. The van der Waals surface area contributed by atoms with Gasteiger partial charge in [-0.2, -0.15) is 0 Å². The monoisotopic (exact) mass is 149 g/mol. The Hall–Kier alpha value is -0.690. The fourth-order valence-corrected chi connectivity index (χ4v) is 1.06. The first-order chi connectivity index (χ1) is 4.86. The van der Waals surface area contributed by atoms with Crippen LogP contribution in [-0.4, -0.2) is 6.26 Å². The summed E-state index contributed by atoms with van der Waals surface area (Å²) in [6.07, 6.45) is 3.86. The van der Waals surface area contributed by atoms with Crippen molar-refractivity contribution in [2.45, 2.75) is 4.90 Å². The lowest BCUT2D eigenvalue weighted by Gasteiger charge is -1.94. The van der Waals surface area contributed by atoms with Gasteiger partial charge in [0, 0.05) is 4.90 Å². The van der Waals surface area contributed by atoms with Gasteiger partial charge in [0.15, 0.2) is 0 Å². The average molecular weight is 149 g/mol. The summed E-state index contributed by atoms with van der Waals surface area (Å²) in [6.45, 7) is 3.66. The van der Waals surface area contributed by atoms with Gasteiger partial charge in [0.2, 0.25) is 0 Å². The maximum atomic E-state index is 3.66. The third kappa shape index (κ3) is 1.64. The highest BCUT2D eigenvalue weighted by atomic mass is 32.2. The first-order valence-corrected chi connectivity index (χ1v) is 4.27. The highest BCUT2D eigenvalue weighted by molar-refractivity contribution is 7.98. The van der Waals surface area contributed by atoms with Gasteiger partial charge >= 0.3 is 0 Å². The maximum Gasteiger partial charge on any atom is 0.0148 e. The van der Waals surface area contributed by atoms with Crippen molar-refractivity contribution in [2.75, 3.05) is 6.26 Å². The fourth-order valence-electron chi connectivity index (χ4n) is 0.677. The number of hydrogen-bond donors (Lipinski definition) is 0. The van der Waals surface area contributed by atoms with E-state index in [4.69, 9.17) is 0 Å². The molecule has 1 heteroatoms. The maximum absolute atomic E-state index is 3.66. The van der Waals surface area contributed by atoms with Crippen LogP contribution < -0.4 is 0 Å². The van der Waals surface area contributed by atoms with Crippen molar-refractivity contribution in [3.63, 3.8) is 0 Å². The van der Waals surface area contributed by atoms with Crippen molar-refractivity contribution in [3.05, 3.63) is 36.4 Å². The molecule has 1 aromatic carbocycles. The van der Waals surface area contributed by atoms with Crippen molar-refractivity contribution in [3.8, 4) is 0 Å². The lowest BCUT2D eigenvalue weighted by molar-refractivity contribution is 1.44. The third-order valence-electron chi connectivity index (χ3n) is 1.26. The van der Waals surface area contributed by atoms with E-state index in [1.54, 1.807) is 11.8 Å². The summed E-state index contributed by atoms with van der Waals surface area (Å²) in [5.74, 6) is 0. The molecule has 10 heavy (non-hydrogen) atoms. The van der Waals surface area contributed by atoms with Crippen LogP contribution in [0.25, 0.3) is 6.08 Å². The van der Waals surface area contributed by atoms with Crippen LogP contribution in [0.1, 0.15) is 5.56 Å². The first kappa shape index (κ1) is 7.42. The highest BCUT2D eigenvalue weighted by Gasteiger charge is 1.87. The molecule has 0 atom stereocenters. The Morgan fingerprint density at radius 2 is 2.40 bits per heavy atom. The molecule has 0 saturated heterocycles. The third-order valence-corrected chi connectivity index (χ3v) is 1.96. The fraction of sp³-hybridized carbons (Fsp3) is 0.111. The van der Waals surface area contributed by atoms with Gasteiger partial charge in [0.25, 0.3) is 0 Å². The summed E-state index contributed by atoms with van der Waals surface area (Å²) in [6, 6.07) is 9.15. The minimum atomic E-state index is 1.12. The summed E-state index contributed by atoms with van der Waals surface area (Å²) < 4.78 is 0. The van der Waals surface area contributed by atoms with E-state index in [0.717, 1.165) is 5.56 Å². The molecule has 0 saturated carbocycles. The minimum Gasteiger partial charge on any atom is -0.129 e. The van der Waals surface area contributed by atoms with Crippen LogP contribution in [0.5, 0.6) is 0 Å². The van der Waals surface area contributed by atoms with Gasteiger partial charge in [0.1, 0.15) is 0 Å². The molecular formula is C9H9S. The number of benzene rings is 1. The standard InChI is InChI=1S/C9H9S/c1-3-8-4-6-9(10-2)7-5-8/h3-6H,1H2,2H3. The molecule has 0 N–H and O–H groups in total. The molecule has 1 radical (unpaired) electrons. The van der Waals surface area contributed by atoms with E-state index in [1.165, 1.54) is 4.90 Å². The van der Waals surface area contributed by atoms with Crippen molar-refractivity contribution >= 4 is 17.8 Å². The van der Waals surface area contributed by atoms with E-state index in [9.17, 15) is 0 Å². The van der Waals surface area contributed by atoms with Crippen LogP contribution in [0.4, 0.5) is 0 Å². The molecule has 0 aliphatic carbocycles. The Labute approximate surface area is 66.0 Å². The van der Waals surface area contributed by atoms with Gasteiger partial charge in [-0.1, -0.05) is 18.7 Å². The molecule has 51 valence electrons. The van der Waals surface area contributed by atoms with Gasteiger partial charge in [-0.05, 0) is 30.0 Å². The topological polar surface area (TPSA) is 0 Å². The molecule has 0 aliphatic heterocycles. The summed E-state index contributed by atoms with van der Waals surface area (Å²) in [5, 5.41) is 0. The Kier molecular flexibility index (Phi) is 2.57. The predicted octanol–water partition coefficient (Wildman–Crippen LogP) is 2.85. The van der Waals surface area contributed by atoms with E-state index in [-0.39, 0.29) is 0 Å². The first-order valence-electron chi connectivity index (χ1n) is 3.05. The summed E-state index contributed by atoms with van der Waals surface area (Å²) in [4.78, 5) is 1.17. The second-order valence-electron chi connectivity index (χ2n) is 1.89. The van der Waals surface area contributed by atoms with Gasteiger partial charge < -0.3 is 0 Å². The molecule has 0 unspecified atom stereocenters. The molecule has 0 nitrogen and oxygen atoms in total. The van der Waals surface area contributed by atoms with Crippen molar-refractivity contribution in [1.29, 1.82) is 0 Å². The Morgan fingerprint density at radius 3 is 2.80 bits per heavy atom. The van der Waals surface area contributed by atoms with Crippen LogP contribution in [0.2, 0.25) is 0 Å². The smallest absolute Gasteiger partial charge is 0.0148 e. The molecule has 0 aromatic heterocycles. The lowest BCUT2D eigenvalue weighted by Crippen LogP contribution is -1.71. The van der Waals surface area contributed by atoms with Crippen molar-refractivity contribution < 1.29 is 0 Å². The molecule has 0 aliphatic rings. The highest BCUT2D eigenvalue weighted by Crippen LogP contribution is 2.14. The minimum absolute atomic E-state index is 1.12. The summed E-state index contributed by atoms with van der Waals surface area (Å²) in [5.41, 5.74) is 1.12. The molecule has 0 amide bonds. The van der Waals surface area contributed by atoms with Crippen molar-refractivity contribution in [2.24, 2.45) is 0 Å². The molecule has 1 rings (SSSR count). The largest absolute Gasteiger partial charge is 0.129 e. The van der Waals surface area contributed by atoms with Gasteiger partial charge in [-0.15, -0.1) is 11.8 Å².